The normalized spacial score (nSPS) is 16.8. The van der Waals surface area contributed by atoms with Crippen molar-refractivity contribution >= 4 is 10.8 Å². The van der Waals surface area contributed by atoms with Crippen molar-refractivity contribution in [2.24, 2.45) is 5.73 Å². The summed E-state index contributed by atoms with van der Waals surface area (Å²) in [6.07, 6.45) is 0.942. The van der Waals surface area contributed by atoms with Gasteiger partial charge in [-0.05, 0) is 25.8 Å². The van der Waals surface area contributed by atoms with E-state index in [-0.39, 0.29) is 11.3 Å². The predicted octanol–water partition coefficient (Wildman–Crippen LogP) is 2.54. The summed E-state index contributed by atoms with van der Waals surface area (Å²) in [5, 5.41) is 0.0163. The van der Waals surface area contributed by atoms with Crippen LogP contribution in [0, 0.1) is 6.92 Å². The van der Waals surface area contributed by atoms with Crippen LogP contribution in [0.4, 0.5) is 0 Å². The van der Waals surface area contributed by atoms with Crippen LogP contribution in [0.3, 0.4) is 0 Å². The molecule has 0 fully saturated rings. The third-order valence-corrected chi connectivity index (χ3v) is 4.72. The van der Waals surface area contributed by atoms with E-state index >= 15 is 0 Å². The van der Waals surface area contributed by atoms with E-state index in [0.717, 1.165) is 17.7 Å². The fourth-order valence-corrected chi connectivity index (χ4v) is 2.87. The minimum absolute atomic E-state index is 0.0163. The molecule has 0 amide bonds. The molecule has 0 radical (unpaired) electrons. The molecule has 3 heteroatoms. The van der Waals surface area contributed by atoms with Crippen LogP contribution >= 0.6 is 0 Å². The first kappa shape index (κ1) is 13.4. The molecular weight excluding hydrogens is 218 g/mol. The number of aryl methyl sites for hydroxylation is 1. The van der Waals surface area contributed by atoms with E-state index in [1.165, 1.54) is 5.56 Å². The fourth-order valence-electron chi connectivity index (χ4n) is 1.61. The van der Waals surface area contributed by atoms with Crippen LogP contribution in [-0.4, -0.2) is 15.2 Å². The molecule has 0 heterocycles. The van der Waals surface area contributed by atoms with Crippen molar-refractivity contribution in [2.45, 2.75) is 38.5 Å². The molecule has 0 bridgehead atoms. The summed E-state index contributed by atoms with van der Waals surface area (Å²) in [5.41, 5.74) is 8.42. The van der Waals surface area contributed by atoms with Crippen LogP contribution in [0.25, 0.3) is 0 Å². The summed E-state index contributed by atoms with van der Waals surface area (Å²) >= 11 is 0. The van der Waals surface area contributed by atoms with Gasteiger partial charge < -0.3 is 5.73 Å². The molecule has 3 unspecified atom stereocenters. The van der Waals surface area contributed by atoms with Crippen molar-refractivity contribution < 1.29 is 4.21 Å². The molecule has 1 aromatic rings. The molecule has 2 nitrogen and oxygen atoms in total. The van der Waals surface area contributed by atoms with Crippen molar-refractivity contribution in [2.75, 3.05) is 5.75 Å². The molecule has 0 aliphatic heterocycles. The van der Waals surface area contributed by atoms with Gasteiger partial charge in [-0.25, -0.2) is 0 Å². The number of hydrogen-bond donors (Lipinski definition) is 1. The van der Waals surface area contributed by atoms with Crippen molar-refractivity contribution in [3.8, 4) is 0 Å². The van der Waals surface area contributed by atoms with Gasteiger partial charge in [0, 0.05) is 22.6 Å². The second kappa shape index (κ2) is 6.16. The Morgan fingerprint density at radius 3 is 2.38 bits per heavy atom. The Morgan fingerprint density at radius 1 is 1.31 bits per heavy atom. The van der Waals surface area contributed by atoms with E-state index in [2.05, 4.69) is 0 Å². The molecule has 0 saturated heterocycles. The average molecular weight is 239 g/mol. The maximum Gasteiger partial charge on any atom is 0.0512 e. The average Bonchev–Trinajstić information content (AvgIpc) is 2.28. The van der Waals surface area contributed by atoms with E-state index in [1.807, 2.05) is 45.0 Å². The van der Waals surface area contributed by atoms with Gasteiger partial charge in [0.15, 0.2) is 0 Å². The molecule has 0 aliphatic rings. The predicted molar refractivity (Wildman–Crippen MR) is 70.9 cm³/mol. The van der Waals surface area contributed by atoms with Crippen LogP contribution in [0.1, 0.15) is 37.4 Å². The molecule has 1 aromatic carbocycles. The number of hydrogen-bond acceptors (Lipinski definition) is 2. The highest BCUT2D eigenvalue weighted by Crippen LogP contribution is 2.19. The smallest absolute Gasteiger partial charge is 0.0512 e. The fraction of sp³-hybridized carbons (Fsp3) is 0.538. The number of rotatable bonds is 5. The second-order valence-corrected chi connectivity index (χ2v) is 6.14. The lowest BCUT2D eigenvalue weighted by Gasteiger charge is -2.19. The SMILES string of the molecule is CCCS(=O)C(C)C(N)c1ccc(C)cc1. The second-order valence-electron chi connectivity index (χ2n) is 4.23. The molecule has 90 valence electrons. The Hall–Kier alpha value is -0.670. The van der Waals surface area contributed by atoms with Crippen LogP contribution in [0.15, 0.2) is 24.3 Å². The van der Waals surface area contributed by atoms with E-state index < -0.39 is 10.8 Å². The summed E-state index contributed by atoms with van der Waals surface area (Å²) in [6.45, 7) is 6.06. The van der Waals surface area contributed by atoms with Gasteiger partial charge in [-0.15, -0.1) is 0 Å². The summed E-state index contributed by atoms with van der Waals surface area (Å²) in [5.74, 6) is 0.737. The monoisotopic (exact) mass is 239 g/mol. The molecule has 16 heavy (non-hydrogen) atoms. The van der Waals surface area contributed by atoms with Crippen LogP contribution < -0.4 is 5.73 Å². The Kier molecular flexibility index (Phi) is 5.16. The molecule has 0 aromatic heterocycles. The number of benzene rings is 1. The van der Waals surface area contributed by atoms with Crippen LogP contribution in [-0.2, 0) is 10.8 Å². The van der Waals surface area contributed by atoms with Gasteiger partial charge in [-0.1, -0.05) is 36.8 Å². The first-order valence-electron chi connectivity index (χ1n) is 5.75. The molecule has 2 N–H and O–H groups in total. The highest BCUT2D eigenvalue weighted by Gasteiger charge is 2.19. The highest BCUT2D eigenvalue weighted by atomic mass is 32.2. The van der Waals surface area contributed by atoms with E-state index in [1.54, 1.807) is 0 Å². The van der Waals surface area contributed by atoms with Gasteiger partial charge >= 0.3 is 0 Å². The Bertz CT molecular complexity index is 347. The Morgan fingerprint density at radius 2 is 1.88 bits per heavy atom. The van der Waals surface area contributed by atoms with Crippen molar-refractivity contribution in [3.05, 3.63) is 35.4 Å². The van der Waals surface area contributed by atoms with Crippen LogP contribution in [0.5, 0.6) is 0 Å². The maximum atomic E-state index is 11.9. The lowest BCUT2D eigenvalue weighted by Crippen LogP contribution is -2.28. The Labute approximate surface area is 101 Å². The summed E-state index contributed by atoms with van der Waals surface area (Å²) in [6, 6.07) is 8.02. The quantitative estimate of drug-likeness (QED) is 0.858. The topological polar surface area (TPSA) is 43.1 Å². The lowest BCUT2D eigenvalue weighted by molar-refractivity contribution is 0.642. The van der Waals surface area contributed by atoms with Crippen molar-refractivity contribution in [1.29, 1.82) is 0 Å². The van der Waals surface area contributed by atoms with Crippen molar-refractivity contribution in [3.63, 3.8) is 0 Å². The summed E-state index contributed by atoms with van der Waals surface area (Å²) in [4.78, 5) is 0. The van der Waals surface area contributed by atoms with Gasteiger partial charge in [0.25, 0.3) is 0 Å². The molecule has 1 rings (SSSR count). The molecule has 0 aliphatic carbocycles. The minimum Gasteiger partial charge on any atom is -0.323 e. The lowest BCUT2D eigenvalue weighted by atomic mass is 10.0. The largest absolute Gasteiger partial charge is 0.323 e. The van der Waals surface area contributed by atoms with Gasteiger partial charge in [0.1, 0.15) is 0 Å². The zero-order valence-corrected chi connectivity index (χ0v) is 11.1. The highest BCUT2D eigenvalue weighted by molar-refractivity contribution is 7.85. The third kappa shape index (κ3) is 3.42. The molecule has 0 saturated carbocycles. The third-order valence-electron chi connectivity index (χ3n) is 2.79. The van der Waals surface area contributed by atoms with Crippen molar-refractivity contribution in [1.82, 2.24) is 0 Å². The number of nitrogens with two attached hydrogens (primary N) is 1. The van der Waals surface area contributed by atoms with Gasteiger partial charge in [-0.3, -0.25) is 4.21 Å². The minimum atomic E-state index is -0.826. The Balaban J connectivity index is 2.73. The molecule has 0 spiro atoms. The summed E-state index contributed by atoms with van der Waals surface area (Å²) < 4.78 is 11.9. The van der Waals surface area contributed by atoms with E-state index in [0.29, 0.717) is 0 Å². The molecule has 3 atom stereocenters. The maximum absolute atomic E-state index is 11.9. The van der Waals surface area contributed by atoms with Gasteiger partial charge in [0.2, 0.25) is 0 Å². The van der Waals surface area contributed by atoms with E-state index in [4.69, 9.17) is 5.73 Å². The molecular formula is C13H21NOS. The zero-order chi connectivity index (χ0) is 12.1. The first-order valence-corrected chi connectivity index (χ1v) is 7.13. The first-order chi connectivity index (χ1) is 7.56. The standard InChI is InChI=1S/C13H21NOS/c1-4-9-16(15)11(3)13(14)12-7-5-10(2)6-8-12/h5-8,11,13H,4,9,14H2,1-3H3. The zero-order valence-electron chi connectivity index (χ0n) is 10.3. The van der Waals surface area contributed by atoms with E-state index in [9.17, 15) is 4.21 Å². The van der Waals surface area contributed by atoms with Gasteiger partial charge in [0.05, 0.1) is 5.25 Å². The van der Waals surface area contributed by atoms with Gasteiger partial charge in [-0.2, -0.15) is 0 Å². The van der Waals surface area contributed by atoms with Crippen LogP contribution in [0.2, 0.25) is 0 Å². The summed E-state index contributed by atoms with van der Waals surface area (Å²) in [7, 11) is -0.826.